The fraction of sp³-hybridized carbons (Fsp3) is 0.250. The van der Waals surface area contributed by atoms with Crippen LogP contribution in [0.2, 0.25) is 0 Å². The van der Waals surface area contributed by atoms with Crippen LogP contribution in [0.15, 0.2) is 83.8 Å². The van der Waals surface area contributed by atoms with Crippen molar-refractivity contribution in [3.05, 3.63) is 95.6 Å². The summed E-state index contributed by atoms with van der Waals surface area (Å²) in [6.45, 7) is 1.67. The van der Waals surface area contributed by atoms with E-state index >= 15 is 0 Å². The molecule has 0 amide bonds. The van der Waals surface area contributed by atoms with Gasteiger partial charge in [0.15, 0.2) is 11.2 Å². The first-order valence-electron chi connectivity index (χ1n) is 11.4. The molecule has 2 saturated heterocycles. The van der Waals surface area contributed by atoms with Gasteiger partial charge in [-0.2, -0.15) is 0 Å². The van der Waals surface area contributed by atoms with Crippen LogP contribution in [-0.2, 0) is 19.2 Å². The van der Waals surface area contributed by atoms with E-state index in [0.29, 0.717) is 11.3 Å². The molecule has 6 rings (SSSR count). The Hall–Kier alpha value is -3.42. The molecule has 0 aliphatic carbocycles. The van der Waals surface area contributed by atoms with Gasteiger partial charge in [-0.15, -0.1) is 0 Å². The summed E-state index contributed by atoms with van der Waals surface area (Å²) in [6, 6.07) is 24.3. The van der Waals surface area contributed by atoms with Gasteiger partial charge < -0.3 is 9.47 Å². The van der Waals surface area contributed by atoms with Gasteiger partial charge in [-0.3, -0.25) is 14.5 Å². The van der Waals surface area contributed by atoms with Gasteiger partial charge in [-0.25, -0.2) is 4.79 Å². The molecular weight excluding hydrogens is 462 g/mol. The molecule has 0 saturated carbocycles. The highest BCUT2D eigenvalue weighted by Gasteiger charge is 2.86. The lowest BCUT2D eigenvalue weighted by Gasteiger charge is -2.40. The van der Waals surface area contributed by atoms with Gasteiger partial charge in [0, 0.05) is 16.4 Å². The number of nitrogens with zero attached hydrogens (tertiary/aromatic N) is 1. The minimum atomic E-state index is -1.77. The van der Waals surface area contributed by atoms with Crippen LogP contribution in [0.3, 0.4) is 0 Å². The van der Waals surface area contributed by atoms with E-state index in [2.05, 4.69) is 0 Å². The SMILES string of the molecule is COc1ccc(C(=O)[C@]23C(=O)OC(=O)[C@@]2(C)N(C)[C@@]2(c4ccccc4)Sc4ccccc4[C@@H]32)cc1. The summed E-state index contributed by atoms with van der Waals surface area (Å²) in [5, 5.41) is 0. The molecule has 0 radical (unpaired) electrons. The van der Waals surface area contributed by atoms with E-state index in [1.807, 2.05) is 66.5 Å². The number of hydrogen-bond donors (Lipinski definition) is 0. The third-order valence-corrected chi connectivity index (χ3v) is 9.71. The zero-order valence-electron chi connectivity index (χ0n) is 19.5. The van der Waals surface area contributed by atoms with Crippen molar-refractivity contribution in [3.63, 3.8) is 0 Å². The number of rotatable bonds is 4. The Morgan fingerprint density at radius 3 is 2.29 bits per heavy atom. The molecule has 3 aromatic rings. The Labute approximate surface area is 207 Å². The first-order chi connectivity index (χ1) is 16.8. The average Bonchev–Trinajstić information content (AvgIpc) is 3.40. The summed E-state index contributed by atoms with van der Waals surface area (Å²) in [7, 11) is 3.37. The first kappa shape index (κ1) is 22.1. The summed E-state index contributed by atoms with van der Waals surface area (Å²) in [4.78, 5) is 43.9. The van der Waals surface area contributed by atoms with Gasteiger partial charge >= 0.3 is 11.9 Å². The second-order valence-corrected chi connectivity index (χ2v) is 10.6. The normalized spacial score (nSPS) is 31.0. The van der Waals surface area contributed by atoms with Gasteiger partial charge in [0.05, 0.1) is 7.11 Å². The number of benzene rings is 3. The van der Waals surface area contributed by atoms with Crippen LogP contribution in [0.4, 0.5) is 0 Å². The third-order valence-electron chi connectivity index (χ3n) is 8.06. The predicted octanol–water partition coefficient (Wildman–Crippen LogP) is 4.39. The van der Waals surface area contributed by atoms with Crippen LogP contribution in [0.5, 0.6) is 5.75 Å². The molecule has 3 aliphatic heterocycles. The Bertz CT molecular complexity index is 1390. The van der Waals surface area contributed by atoms with Crippen LogP contribution >= 0.6 is 11.8 Å². The van der Waals surface area contributed by atoms with Crippen LogP contribution in [0.1, 0.15) is 34.3 Å². The molecule has 35 heavy (non-hydrogen) atoms. The highest BCUT2D eigenvalue weighted by molar-refractivity contribution is 8.00. The number of cyclic esters (lactones) is 2. The molecule has 0 unspecified atom stereocenters. The zero-order valence-corrected chi connectivity index (χ0v) is 20.3. The maximum atomic E-state index is 14.6. The Kier molecular flexibility index (Phi) is 4.60. The topological polar surface area (TPSA) is 72.9 Å². The summed E-state index contributed by atoms with van der Waals surface area (Å²) < 4.78 is 10.6. The third kappa shape index (κ3) is 2.42. The molecule has 4 atom stereocenters. The van der Waals surface area contributed by atoms with E-state index in [-0.39, 0.29) is 0 Å². The van der Waals surface area contributed by atoms with E-state index in [4.69, 9.17) is 9.47 Å². The number of Topliss-reactive ketones (excluding diaryl/α,β-unsaturated/α-hetero) is 1. The highest BCUT2D eigenvalue weighted by atomic mass is 32.2. The van der Waals surface area contributed by atoms with Gasteiger partial charge in [0.2, 0.25) is 0 Å². The highest BCUT2D eigenvalue weighted by Crippen LogP contribution is 2.76. The standard InChI is InChI=1S/C28H23NO5S/c1-26-24(31)34-25(32)27(26,23(30)17-13-15-19(33-3)16-14-17)22-20-11-7-8-12-21(20)35-28(22,29(26)2)18-9-5-4-6-10-18/h4-16,22H,1-3H3/t22-,26+,27+,28-/m0/s1. The van der Waals surface area contributed by atoms with Gasteiger partial charge in [0.1, 0.15) is 16.2 Å². The van der Waals surface area contributed by atoms with Crippen molar-refractivity contribution in [1.82, 2.24) is 4.90 Å². The molecule has 0 spiro atoms. The van der Waals surface area contributed by atoms with Crippen molar-refractivity contribution >= 4 is 29.5 Å². The number of ketones is 1. The number of ether oxygens (including phenoxy) is 2. The molecule has 0 aromatic heterocycles. The second-order valence-electron chi connectivity index (χ2n) is 9.31. The maximum absolute atomic E-state index is 14.6. The Balaban J connectivity index is 1.69. The average molecular weight is 486 g/mol. The summed E-state index contributed by atoms with van der Waals surface area (Å²) in [6.07, 6.45) is 0. The Morgan fingerprint density at radius 2 is 1.60 bits per heavy atom. The van der Waals surface area contributed by atoms with Crippen LogP contribution in [0.25, 0.3) is 0 Å². The zero-order chi connectivity index (χ0) is 24.6. The molecule has 7 heteroatoms. The quantitative estimate of drug-likeness (QED) is 0.308. The van der Waals surface area contributed by atoms with Crippen LogP contribution < -0.4 is 4.74 Å². The number of fused-ring (bicyclic) bond motifs is 5. The fourth-order valence-electron chi connectivity index (χ4n) is 6.31. The van der Waals surface area contributed by atoms with Crippen molar-refractivity contribution in [1.29, 1.82) is 0 Å². The lowest BCUT2D eigenvalue weighted by molar-refractivity contribution is -0.157. The van der Waals surface area contributed by atoms with Gasteiger partial charge in [-0.1, -0.05) is 60.3 Å². The van der Waals surface area contributed by atoms with E-state index in [1.54, 1.807) is 50.1 Å². The Morgan fingerprint density at radius 1 is 0.943 bits per heavy atom. The number of methoxy groups -OCH3 is 1. The molecule has 3 aromatic carbocycles. The number of hydrogen-bond acceptors (Lipinski definition) is 7. The number of likely N-dealkylation sites (tertiary alicyclic amines) is 1. The first-order valence-corrected chi connectivity index (χ1v) is 12.2. The van der Waals surface area contributed by atoms with Crippen molar-refractivity contribution in [2.45, 2.75) is 28.1 Å². The predicted molar refractivity (Wildman–Crippen MR) is 130 cm³/mol. The number of likely N-dealkylation sites (N-methyl/N-ethyl adjacent to an activating group) is 1. The van der Waals surface area contributed by atoms with Crippen molar-refractivity contribution < 1.29 is 23.9 Å². The van der Waals surface area contributed by atoms with E-state index in [0.717, 1.165) is 16.0 Å². The summed E-state index contributed by atoms with van der Waals surface area (Å²) in [5.74, 6) is -1.98. The smallest absolute Gasteiger partial charge is 0.335 e. The minimum Gasteiger partial charge on any atom is -0.497 e. The van der Waals surface area contributed by atoms with Crippen molar-refractivity contribution in [2.24, 2.45) is 5.41 Å². The van der Waals surface area contributed by atoms with Crippen LogP contribution in [0, 0.1) is 5.41 Å². The van der Waals surface area contributed by atoms with E-state index < -0.39 is 39.5 Å². The lowest BCUT2D eigenvalue weighted by Crippen LogP contribution is -2.58. The molecular formula is C28H23NO5S. The molecule has 2 fully saturated rings. The molecule has 3 heterocycles. The minimum absolute atomic E-state index is 0.329. The lowest BCUT2D eigenvalue weighted by atomic mass is 9.60. The van der Waals surface area contributed by atoms with Gasteiger partial charge in [0.25, 0.3) is 0 Å². The van der Waals surface area contributed by atoms with E-state index in [9.17, 15) is 14.4 Å². The monoisotopic (exact) mass is 485 g/mol. The molecule has 0 bridgehead atoms. The molecule has 6 nitrogen and oxygen atoms in total. The number of carbonyl (C=O) groups excluding carboxylic acids is 3. The molecule has 176 valence electrons. The van der Waals surface area contributed by atoms with Gasteiger partial charge in [-0.05, 0) is 55.4 Å². The van der Waals surface area contributed by atoms with Crippen molar-refractivity contribution in [2.75, 3.05) is 14.2 Å². The maximum Gasteiger partial charge on any atom is 0.335 e. The fourth-order valence-corrected chi connectivity index (χ4v) is 8.09. The van der Waals surface area contributed by atoms with Crippen LogP contribution in [-0.4, -0.2) is 42.3 Å². The van der Waals surface area contributed by atoms with E-state index in [1.165, 1.54) is 0 Å². The largest absolute Gasteiger partial charge is 0.497 e. The number of carbonyl (C=O) groups is 3. The number of esters is 2. The second kappa shape index (κ2) is 7.29. The van der Waals surface area contributed by atoms with Crippen molar-refractivity contribution in [3.8, 4) is 5.75 Å². The molecule has 0 N–H and O–H groups in total. The number of thioether (sulfide) groups is 1. The summed E-state index contributed by atoms with van der Waals surface area (Å²) in [5.41, 5.74) is -1.17. The molecule has 3 aliphatic rings. The summed E-state index contributed by atoms with van der Waals surface area (Å²) >= 11 is 1.59.